The van der Waals surface area contributed by atoms with Crippen molar-refractivity contribution in [1.82, 2.24) is 15.3 Å². The summed E-state index contributed by atoms with van der Waals surface area (Å²) < 4.78 is 25.7. The van der Waals surface area contributed by atoms with Gasteiger partial charge in [0.15, 0.2) is 0 Å². The van der Waals surface area contributed by atoms with E-state index in [1.54, 1.807) is 19.9 Å². The molecule has 0 saturated heterocycles. The molecule has 1 saturated carbocycles. The van der Waals surface area contributed by atoms with Crippen molar-refractivity contribution in [2.24, 2.45) is 5.92 Å². The summed E-state index contributed by atoms with van der Waals surface area (Å²) in [4.78, 5) is 32.6. The Kier molecular flexibility index (Phi) is 5.43. The minimum Gasteiger partial charge on any atom is -0.344 e. The Labute approximate surface area is 155 Å². The zero-order chi connectivity index (χ0) is 19.6. The summed E-state index contributed by atoms with van der Waals surface area (Å²) in [5.74, 6) is -0.542. The first kappa shape index (κ1) is 18.9. The fourth-order valence-electron chi connectivity index (χ4n) is 2.62. The monoisotopic (exact) mass is 374 g/mol. The molecule has 1 aromatic carbocycles. The van der Waals surface area contributed by atoms with E-state index in [1.807, 2.05) is 0 Å². The number of halogens is 2. The summed E-state index contributed by atoms with van der Waals surface area (Å²) >= 11 is 0. The Morgan fingerprint density at radius 2 is 1.85 bits per heavy atom. The maximum absolute atomic E-state index is 12.9. The van der Waals surface area contributed by atoms with E-state index < -0.39 is 18.4 Å². The van der Waals surface area contributed by atoms with E-state index in [2.05, 4.69) is 20.6 Å². The quantitative estimate of drug-likeness (QED) is 0.810. The minimum absolute atomic E-state index is 0.00600. The van der Waals surface area contributed by atoms with Gasteiger partial charge in [-0.1, -0.05) is 18.2 Å². The number of nitrogens with one attached hydrogen (secondary N) is 2. The summed E-state index contributed by atoms with van der Waals surface area (Å²) in [7, 11) is 0. The first-order valence-corrected chi connectivity index (χ1v) is 8.69. The van der Waals surface area contributed by atoms with E-state index >= 15 is 0 Å². The largest absolute Gasteiger partial charge is 0.344 e. The average Bonchev–Trinajstić information content (AvgIpc) is 3.46. The molecule has 6 nitrogen and oxygen atoms in total. The molecule has 142 valence electrons. The van der Waals surface area contributed by atoms with Gasteiger partial charge in [0.2, 0.25) is 11.9 Å². The van der Waals surface area contributed by atoms with Gasteiger partial charge in [-0.05, 0) is 44.4 Å². The number of hydrogen-bond acceptors (Lipinski definition) is 4. The first-order valence-electron chi connectivity index (χ1n) is 8.69. The van der Waals surface area contributed by atoms with Crippen molar-refractivity contribution in [3.05, 3.63) is 52.8 Å². The molecular formula is C19H20F2N4O2. The summed E-state index contributed by atoms with van der Waals surface area (Å²) in [5, 5.41) is 5.36. The molecule has 0 radical (unpaired) electrons. The van der Waals surface area contributed by atoms with Gasteiger partial charge < -0.3 is 5.32 Å². The van der Waals surface area contributed by atoms with Crippen molar-refractivity contribution in [2.75, 3.05) is 5.32 Å². The molecule has 0 bridgehead atoms. The zero-order valence-corrected chi connectivity index (χ0v) is 15.0. The number of anilines is 1. The van der Waals surface area contributed by atoms with Crippen LogP contribution in [0.5, 0.6) is 0 Å². The predicted octanol–water partition coefficient (Wildman–Crippen LogP) is 3.56. The second-order valence-electron chi connectivity index (χ2n) is 6.65. The van der Waals surface area contributed by atoms with Crippen LogP contribution in [0.2, 0.25) is 0 Å². The number of aromatic nitrogens is 2. The Morgan fingerprint density at radius 3 is 2.52 bits per heavy atom. The number of benzene rings is 1. The van der Waals surface area contributed by atoms with Crippen LogP contribution in [0.15, 0.2) is 30.3 Å². The molecular weight excluding hydrogens is 354 g/mol. The maximum atomic E-state index is 12.9. The summed E-state index contributed by atoms with van der Waals surface area (Å²) in [6.45, 7) is 3.40. The second kappa shape index (κ2) is 7.77. The zero-order valence-electron chi connectivity index (χ0n) is 15.0. The smallest absolute Gasteiger partial charge is 0.270 e. The highest BCUT2D eigenvalue weighted by Gasteiger charge is 2.30. The molecule has 0 spiro atoms. The Hall–Kier alpha value is -2.90. The summed E-state index contributed by atoms with van der Waals surface area (Å²) in [6.07, 6.45) is -0.879. The van der Waals surface area contributed by atoms with Crippen LogP contribution < -0.4 is 10.6 Å². The number of carbonyl (C=O) groups excluding carboxylic acids is 2. The molecule has 1 fully saturated rings. The molecule has 2 aromatic rings. The lowest BCUT2D eigenvalue weighted by Gasteiger charge is -2.15. The highest BCUT2D eigenvalue weighted by Crippen LogP contribution is 2.29. The summed E-state index contributed by atoms with van der Waals surface area (Å²) in [6, 6.07) is 6.91. The van der Waals surface area contributed by atoms with Gasteiger partial charge in [0.05, 0.1) is 6.04 Å². The van der Waals surface area contributed by atoms with Crippen LogP contribution in [0, 0.1) is 12.8 Å². The maximum Gasteiger partial charge on any atom is 0.270 e. The molecule has 1 atom stereocenters. The van der Waals surface area contributed by atoms with Crippen molar-refractivity contribution >= 4 is 17.8 Å². The van der Waals surface area contributed by atoms with Gasteiger partial charge >= 0.3 is 0 Å². The van der Waals surface area contributed by atoms with Crippen LogP contribution in [0.4, 0.5) is 14.7 Å². The first-order chi connectivity index (χ1) is 12.8. The Balaban J connectivity index is 1.72. The third-order valence-corrected chi connectivity index (χ3v) is 4.28. The molecule has 1 unspecified atom stereocenters. The van der Waals surface area contributed by atoms with Crippen molar-refractivity contribution in [3.63, 3.8) is 0 Å². The standard InChI is InChI=1S/C19H20F2N4O2/c1-10-8-15(24-19(22-10)25-17(26)12-6-7-12)18(27)23-11(2)13-4-3-5-14(9-13)16(20)21/h3-5,8-9,11-12,16H,6-7H2,1-2H3,(H,23,27)(H,22,24,25,26). The molecule has 0 aliphatic heterocycles. The normalized spacial score (nSPS) is 14.7. The number of rotatable bonds is 6. The van der Waals surface area contributed by atoms with Gasteiger partial charge in [0.1, 0.15) is 5.69 Å². The number of amides is 2. The van der Waals surface area contributed by atoms with E-state index in [4.69, 9.17) is 0 Å². The Morgan fingerprint density at radius 1 is 1.15 bits per heavy atom. The van der Waals surface area contributed by atoms with Crippen molar-refractivity contribution in [1.29, 1.82) is 0 Å². The number of nitrogens with zero attached hydrogens (tertiary/aromatic N) is 2. The van der Waals surface area contributed by atoms with Crippen LogP contribution in [0.25, 0.3) is 0 Å². The van der Waals surface area contributed by atoms with Gasteiger partial charge in [-0.3, -0.25) is 14.9 Å². The Bertz CT molecular complexity index is 869. The number of alkyl halides is 2. The topological polar surface area (TPSA) is 84.0 Å². The lowest BCUT2D eigenvalue weighted by atomic mass is 10.1. The highest BCUT2D eigenvalue weighted by atomic mass is 19.3. The van der Waals surface area contributed by atoms with E-state index in [0.29, 0.717) is 11.3 Å². The van der Waals surface area contributed by atoms with Crippen molar-refractivity contribution in [2.45, 2.75) is 39.2 Å². The molecule has 1 aliphatic carbocycles. The number of hydrogen-bond donors (Lipinski definition) is 2. The SMILES string of the molecule is Cc1cc(C(=O)NC(C)c2cccc(C(F)F)c2)nc(NC(=O)C2CC2)n1. The van der Waals surface area contributed by atoms with Crippen LogP contribution in [0.1, 0.15) is 59.5 Å². The lowest BCUT2D eigenvalue weighted by molar-refractivity contribution is -0.117. The number of aryl methyl sites for hydroxylation is 1. The lowest BCUT2D eigenvalue weighted by Crippen LogP contribution is -2.28. The molecule has 1 aromatic heterocycles. The fourth-order valence-corrected chi connectivity index (χ4v) is 2.62. The van der Waals surface area contributed by atoms with Gasteiger partial charge in [0.25, 0.3) is 12.3 Å². The predicted molar refractivity (Wildman–Crippen MR) is 95.4 cm³/mol. The highest BCUT2D eigenvalue weighted by molar-refractivity contribution is 5.95. The molecule has 8 heteroatoms. The van der Waals surface area contributed by atoms with Crippen LogP contribution in [-0.4, -0.2) is 21.8 Å². The van der Waals surface area contributed by atoms with Crippen LogP contribution >= 0.6 is 0 Å². The van der Waals surface area contributed by atoms with Gasteiger partial charge in [0, 0.05) is 17.2 Å². The van der Waals surface area contributed by atoms with E-state index in [0.717, 1.165) is 12.8 Å². The van der Waals surface area contributed by atoms with Crippen LogP contribution in [0.3, 0.4) is 0 Å². The molecule has 27 heavy (non-hydrogen) atoms. The molecule has 3 rings (SSSR count). The molecule has 2 N–H and O–H groups in total. The van der Waals surface area contributed by atoms with Gasteiger partial charge in [-0.25, -0.2) is 18.7 Å². The second-order valence-corrected chi connectivity index (χ2v) is 6.65. The average molecular weight is 374 g/mol. The third-order valence-electron chi connectivity index (χ3n) is 4.28. The van der Waals surface area contributed by atoms with E-state index in [1.165, 1.54) is 24.3 Å². The molecule has 1 heterocycles. The van der Waals surface area contributed by atoms with Crippen LogP contribution in [-0.2, 0) is 4.79 Å². The molecule has 1 aliphatic rings. The van der Waals surface area contributed by atoms with Crippen molar-refractivity contribution in [3.8, 4) is 0 Å². The van der Waals surface area contributed by atoms with Gasteiger partial charge in [-0.2, -0.15) is 0 Å². The minimum atomic E-state index is -2.57. The van der Waals surface area contributed by atoms with E-state index in [-0.39, 0.29) is 29.0 Å². The van der Waals surface area contributed by atoms with Crippen molar-refractivity contribution < 1.29 is 18.4 Å². The van der Waals surface area contributed by atoms with Gasteiger partial charge in [-0.15, -0.1) is 0 Å². The fraction of sp³-hybridized carbons (Fsp3) is 0.368. The number of carbonyl (C=O) groups is 2. The third kappa shape index (κ3) is 4.84. The van der Waals surface area contributed by atoms with E-state index in [9.17, 15) is 18.4 Å². The summed E-state index contributed by atoms with van der Waals surface area (Å²) in [5.41, 5.74) is 1.10. The molecule has 2 amide bonds.